The summed E-state index contributed by atoms with van der Waals surface area (Å²) >= 11 is 0. The second-order valence-corrected chi connectivity index (χ2v) is 9.09. The number of carbonyl (C=O) groups excluding carboxylic acids is 1. The summed E-state index contributed by atoms with van der Waals surface area (Å²) in [6.45, 7) is 4.31. The second kappa shape index (κ2) is 11.5. The number of ether oxygens (including phenoxy) is 2. The minimum Gasteiger partial charge on any atom is -0.494 e. The molecule has 1 amide bonds. The van der Waals surface area contributed by atoms with Crippen LogP contribution in [0.4, 0.5) is 5.69 Å². The smallest absolute Gasteiger partial charge is 0.243 e. The molecule has 0 fully saturated rings. The molecule has 176 valence electrons. The number of furan rings is 1. The first-order valence-electron chi connectivity index (χ1n) is 10.7. The standard InChI is InChI=1S/C24H28N2O6S/c1-3-15-32-23-10-6-5-9-22(23)25-24(27)18-26(17-20-8-7-16-31-20)33(28,29)21-13-11-19(12-14-21)30-4-2/h5-14,16H,3-4,15,17-18H2,1-2H3,(H,25,27). The van der Waals surface area contributed by atoms with Crippen molar-refractivity contribution in [2.24, 2.45) is 0 Å². The van der Waals surface area contributed by atoms with E-state index in [-0.39, 0.29) is 11.4 Å². The summed E-state index contributed by atoms with van der Waals surface area (Å²) < 4.78 is 44.2. The molecule has 0 aliphatic heterocycles. The lowest BCUT2D eigenvalue weighted by molar-refractivity contribution is -0.116. The van der Waals surface area contributed by atoms with Gasteiger partial charge in [0, 0.05) is 0 Å². The molecular formula is C24H28N2O6S. The number of anilines is 1. The average molecular weight is 473 g/mol. The van der Waals surface area contributed by atoms with Crippen LogP contribution in [-0.2, 0) is 21.4 Å². The maximum absolute atomic E-state index is 13.4. The van der Waals surface area contributed by atoms with E-state index in [4.69, 9.17) is 13.9 Å². The van der Waals surface area contributed by atoms with E-state index in [1.807, 2.05) is 13.8 Å². The summed E-state index contributed by atoms with van der Waals surface area (Å²) in [4.78, 5) is 12.9. The van der Waals surface area contributed by atoms with Gasteiger partial charge in [0.05, 0.1) is 43.1 Å². The number of amides is 1. The average Bonchev–Trinajstić information content (AvgIpc) is 3.32. The molecule has 9 heteroatoms. The van der Waals surface area contributed by atoms with Crippen molar-refractivity contribution >= 4 is 21.6 Å². The van der Waals surface area contributed by atoms with Crippen LogP contribution in [0.3, 0.4) is 0 Å². The molecule has 0 aliphatic rings. The SMILES string of the molecule is CCCOc1ccccc1NC(=O)CN(Cc1ccco1)S(=O)(=O)c1ccc(OCC)cc1. The Kier molecular flexibility index (Phi) is 8.51. The van der Waals surface area contributed by atoms with Crippen LogP contribution in [-0.4, -0.2) is 38.4 Å². The Hall–Kier alpha value is -3.30. The van der Waals surface area contributed by atoms with Gasteiger partial charge < -0.3 is 19.2 Å². The van der Waals surface area contributed by atoms with E-state index in [9.17, 15) is 13.2 Å². The highest BCUT2D eigenvalue weighted by molar-refractivity contribution is 7.89. The van der Waals surface area contributed by atoms with Gasteiger partial charge in [-0.25, -0.2) is 8.42 Å². The Morgan fingerprint density at radius 3 is 2.42 bits per heavy atom. The maximum Gasteiger partial charge on any atom is 0.243 e. The van der Waals surface area contributed by atoms with Gasteiger partial charge in [-0.1, -0.05) is 19.1 Å². The van der Waals surface area contributed by atoms with E-state index in [2.05, 4.69) is 5.32 Å². The van der Waals surface area contributed by atoms with Gasteiger partial charge in [-0.3, -0.25) is 4.79 Å². The van der Waals surface area contributed by atoms with E-state index in [1.165, 1.54) is 18.4 Å². The van der Waals surface area contributed by atoms with E-state index in [0.29, 0.717) is 36.2 Å². The highest BCUT2D eigenvalue weighted by Gasteiger charge is 2.28. The number of hydrogen-bond acceptors (Lipinski definition) is 6. The Balaban J connectivity index is 1.81. The van der Waals surface area contributed by atoms with Crippen LogP contribution in [0.25, 0.3) is 0 Å². The highest BCUT2D eigenvalue weighted by Crippen LogP contribution is 2.25. The van der Waals surface area contributed by atoms with Crippen molar-refractivity contribution in [1.29, 1.82) is 0 Å². The van der Waals surface area contributed by atoms with Crippen molar-refractivity contribution in [3.05, 3.63) is 72.7 Å². The van der Waals surface area contributed by atoms with E-state index in [1.54, 1.807) is 48.5 Å². The molecule has 0 radical (unpaired) electrons. The fraction of sp³-hybridized carbons (Fsp3) is 0.292. The molecule has 1 N–H and O–H groups in total. The molecular weight excluding hydrogens is 444 g/mol. The van der Waals surface area contributed by atoms with Crippen molar-refractivity contribution in [2.45, 2.75) is 31.7 Å². The lowest BCUT2D eigenvalue weighted by Gasteiger charge is -2.21. The lowest BCUT2D eigenvalue weighted by atomic mass is 10.3. The zero-order valence-electron chi connectivity index (χ0n) is 18.7. The van der Waals surface area contributed by atoms with Gasteiger partial charge in [0.25, 0.3) is 0 Å². The number of rotatable bonds is 12. The van der Waals surface area contributed by atoms with Gasteiger partial charge in [-0.05, 0) is 61.9 Å². The van der Waals surface area contributed by atoms with Gasteiger partial charge in [-0.15, -0.1) is 0 Å². The number of sulfonamides is 1. The molecule has 3 rings (SSSR count). The first-order valence-corrected chi connectivity index (χ1v) is 12.1. The van der Waals surface area contributed by atoms with Crippen molar-refractivity contribution < 1.29 is 27.1 Å². The largest absolute Gasteiger partial charge is 0.494 e. The molecule has 1 heterocycles. The molecule has 0 unspecified atom stereocenters. The van der Waals surface area contributed by atoms with E-state index in [0.717, 1.165) is 10.7 Å². The van der Waals surface area contributed by atoms with Crippen LogP contribution in [0.2, 0.25) is 0 Å². The zero-order valence-corrected chi connectivity index (χ0v) is 19.5. The van der Waals surface area contributed by atoms with Crippen molar-refractivity contribution in [2.75, 3.05) is 25.1 Å². The van der Waals surface area contributed by atoms with Crippen LogP contribution in [0.15, 0.2) is 76.2 Å². The third-order valence-electron chi connectivity index (χ3n) is 4.63. The van der Waals surface area contributed by atoms with Gasteiger partial charge in [-0.2, -0.15) is 4.31 Å². The van der Waals surface area contributed by atoms with E-state index < -0.39 is 22.5 Å². The summed E-state index contributed by atoms with van der Waals surface area (Å²) in [5.74, 6) is 1.02. The Bertz CT molecular complexity index is 1130. The minimum absolute atomic E-state index is 0.0528. The molecule has 2 aromatic carbocycles. The Labute approximate surface area is 194 Å². The quantitative estimate of drug-likeness (QED) is 0.422. The fourth-order valence-corrected chi connectivity index (χ4v) is 4.45. The third kappa shape index (κ3) is 6.59. The molecule has 0 bridgehead atoms. The summed E-state index contributed by atoms with van der Waals surface area (Å²) in [6.07, 6.45) is 2.28. The molecule has 0 atom stereocenters. The molecule has 0 aliphatic carbocycles. The third-order valence-corrected chi connectivity index (χ3v) is 6.43. The summed E-state index contributed by atoms with van der Waals surface area (Å²) in [6, 6.07) is 16.5. The highest BCUT2D eigenvalue weighted by atomic mass is 32.2. The van der Waals surface area contributed by atoms with Crippen LogP contribution in [0, 0.1) is 0 Å². The number of para-hydroxylation sites is 2. The van der Waals surface area contributed by atoms with Gasteiger partial charge in [0.15, 0.2) is 0 Å². The molecule has 0 saturated carbocycles. The van der Waals surface area contributed by atoms with Gasteiger partial charge in [0.2, 0.25) is 15.9 Å². The predicted molar refractivity (Wildman–Crippen MR) is 125 cm³/mol. The summed E-state index contributed by atoms with van der Waals surface area (Å²) in [5.41, 5.74) is 0.479. The normalized spacial score (nSPS) is 11.4. The summed E-state index contributed by atoms with van der Waals surface area (Å²) in [5, 5.41) is 2.76. The van der Waals surface area contributed by atoms with Crippen LogP contribution in [0.1, 0.15) is 26.0 Å². The Morgan fingerprint density at radius 1 is 1.00 bits per heavy atom. The number of carbonyl (C=O) groups is 1. The van der Waals surface area contributed by atoms with Crippen molar-refractivity contribution in [1.82, 2.24) is 4.31 Å². The van der Waals surface area contributed by atoms with Crippen molar-refractivity contribution in [3.8, 4) is 11.5 Å². The zero-order chi connectivity index (χ0) is 23.7. The fourth-order valence-electron chi connectivity index (χ4n) is 3.08. The number of nitrogens with zero attached hydrogens (tertiary/aromatic N) is 1. The maximum atomic E-state index is 13.4. The molecule has 1 aromatic heterocycles. The molecule has 0 saturated heterocycles. The monoisotopic (exact) mass is 472 g/mol. The lowest BCUT2D eigenvalue weighted by Crippen LogP contribution is -2.37. The molecule has 0 spiro atoms. The van der Waals surface area contributed by atoms with Gasteiger partial charge >= 0.3 is 0 Å². The first-order chi connectivity index (χ1) is 15.9. The first kappa shape index (κ1) is 24.3. The van der Waals surface area contributed by atoms with Crippen LogP contribution >= 0.6 is 0 Å². The number of hydrogen-bond donors (Lipinski definition) is 1. The van der Waals surface area contributed by atoms with Crippen molar-refractivity contribution in [3.63, 3.8) is 0 Å². The van der Waals surface area contributed by atoms with E-state index >= 15 is 0 Å². The number of benzene rings is 2. The summed E-state index contributed by atoms with van der Waals surface area (Å²) in [7, 11) is -3.99. The predicted octanol–water partition coefficient (Wildman–Crippen LogP) is 4.30. The van der Waals surface area contributed by atoms with Crippen LogP contribution < -0.4 is 14.8 Å². The molecule has 8 nitrogen and oxygen atoms in total. The minimum atomic E-state index is -3.99. The second-order valence-electron chi connectivity index (χ2n) is 7.15. The topological polar surface area (TPSA) is 98.1 Å². The number of nitrogens with one attached hydrogen (secondary N) is 1. The van der Waals surface area contributed by atoms with Gasteiger partial charge in [0.1, 0.15) is 17.3 Å². The Morgan fingerprint density at radius 2 is 1.76 bits per heavy atom. The van der Waals surface area contributed by atoms with Crippen LogP contribution in [0.5, 0.6) is 11.5 Å². The molecule has 33 heavy (non-hydrogen) atoms. The molecule has 3 aromatic rings.